The fraction of sp³-hybridized carbons (Fsp3) is 0.450. The number of aromatic nitrogens is 6. The Labute approximate surface area is 352 Å². The molecule has 6 heterocycles. The lowest BCUT2D eigenvalue weighted by molar-refractivity contribution is -0.142. The molecule has 2 aromatic carbocycles. The number of halogens is 6. The van der Waals surface area contributed by atoms with Crippen LogP contribution in [-0.2, 0) is 41.0 Å². The van der Waals surface area contributed by atoms with Gasteiger partial charge in [0.15, 0.2) is 5.82 Å². The van der Waals surface area contributed by atoms with E-state index in [0.717, 1.165) is 61.3 Å². The summed E-state index contributed by atoms with van der Waals surface area (Å²) in [5.74, 6) is 0.381. The first kappa shape index (κ1) is 43.1. The summed E-state index contributed by atoms with van der Waals surface area (Å²) >= 11 is 0. The minimum atomic E-state index is -4.89. The van der Waals surface area contributed by atoms with Gasteiger partial charge >= 0.3 is 18.4 Å². The van der Waals surface area contributed by atoms with Gasteiger partial charge in [0, 0.05) is 69.0 Å². The van der Waals surface area contributed by atoms with Crippen molar-refractivity contribution in [2.75, 3.05) is 49.5 Å². The molecular weight excluding hydrogens is 845 g/mol. The summed E-state index contributed by atoms with van der Waals surface area (Å²) in [5, 5.41) is 14.3. The summed E-state index contributed by atoms with van der Waals surface area (Å²) in [4.78, 5) is 36.0. The molecule has 8 rings (SSSR count). The number of hydrogen-bond acceptors (Lipinski definition) is 10. The van der Waals surface area contributed by atoms with E-state index in [0.29, 0.717) is 41.9 Å². The van der Waals surface area contributed by atoms with Gasteiger partial charge in [-0.3, -0.25) is 24.4 Å². The topological polar surface area (TPSA) is 163 Å². The number of alkyl halides is 6. The van der Waals surface area contributed by atoms with Crippen molar-refractivity contribution in [3.63, 3.8) is 0 Å². The van der Waals surface area contributed by atoms with Crippen LogP contribution in [0, 0.1) is 0 Å². The molecule has 22 heteroatoms. The van der Waals surface area contributed by atoms with E-state index < -0.39 is 46.2 Å². The second-order valence-electron chi connectivity index (χ2n) is 15.8. The quantitative estimate of drug-likeness (QED) is 0.152. The number of hydrogen-bond donors (Lipinski definition) is 2. The number of carbonyl (C=O) groups excluding carboxylic acids is 2. The number of carbonyl (C=O) groups is 2. The molecule has 0 unspecified atom stereocenters. The number of amides is 3. The molecule has 3 amide bonds. The van der Waals surface area contributed by atoms with Crippen molar-refractivity contribution < 1.29 is 44.3 Å². The Balaban J connectivity index is 0.839. The molecule has 62 heavy (non-hydrogen) atoms. The molecule has 5 aromatic rings. The number of sulfonamides is 1. The normalized spacial score (nSPS) is 18.1. The van der Waals surface area contributed by atoms with Crippen LogP contribution in [0.25, 0.3) is 22.2 Å². The van der Waals surface area contributed by atoms with Gasteiger partial charge in [-0.2, -0.15) is 40.8 Å². The van der Waals surface area contributed by atoms with Crippen molar-refractivity contribution in [1.82, 2.24) is 44.1 Å². The van der Waals surface area contributed by atoms with Crippen LogP contribution in [0.4, 0.5) is 42.9 Å². The molecule has 0 aliphatic carbocycles. The minimum Gasteiger partial charge on any atom is -0.351 e. The lowest BCUT2D eigenvalue weighted by Gasteiger charge is -2.32. The SMILES string of the molecule is Cn1nc(N2CCC(=O)NC2=O)c2ccc(C3CCN(CCc4cccc(S(=O)(=O)N5CCC(Nc6ncc(C(F)(F)F)c(-c7cnn(CC(F)(F)F)c7)n6)CC5)c4)CC3)cc21. The van der Waals surface area contributed by atoms with Gasteiger partial charge in [0.25, 0.3) is 0 Å². The van der Waals surface area contributed by atoms with Crippen LogP contribution >= 0.6 is 0 Å². The van der Waals surface area contributed by atoms with E-state index >= 15 is 0 Å². The molecule has 2 N–H and O–H groups in total. The maximum atomic E-state index is 13.8. The van der Waals surface area contributed by atoms with Crippen LogP contribution in [0.1, 0.15) is 54.7 Å². The zero-order chi connectivity index (χ0) is 44.0. The Kier molecular flexibility index (Phi) is 11.8. The first-order chi connectivity index (χ1) is 29.4. The number of piperidine rings is 2. The standard InChI is InChI=1S/C40H43F6N11O4S/c1-53-33-20-27(5-6-31(33)36(52-53)57-18-12-34(58)50-38(57)59)26-8-14-54(15-9-26)13-7-25-3-2-4-30(19-25)62(60,61)56-16-10-29(11-17-56)49-37-47-22-32(40(44,45)46)35(51-37)28-21-48-55(23-28)24-39(41,42)43/h2-6,19-23,26,29H,7-18,24H2,1H3,(H,47,49,51)(H,50,58,59). The second kappa shape index (κ2) is 16.9. The molecule has 15 nitrogen and oxygen atoms in total. The number of imide groups is 1. The lowest BCUT2D eigenvalue weighted by Crippen LogP contribution is -2.49. The molecule has 3 aliphatic heterocycles. The monoisotopic (exact) mass is 887 g/mol. The fourth-order valence-corrected chi connectivity index (χ4v) is 9.86. The molecule has 3 fully saturated rings. The summed E-state index contributed by atoms with van der Waals surface area (Å²) in [6, 6.07) is 12.2. The highest BCUT2D eigenvalue weighted by Gasteiger charge is 2.37. The average Bonchev–Trinajstić information content (AvgIpc) is 3.82. The molecule has 3 aromatic heterocycles. The molecule has 3 aliphatic rings. The van der Waals surface area contributed by atoms with Crippen molar-refractivity contribution in [3.05, 3.63) is 77.7 Å². The van der Waals surface area contributed by atoms with Gasteiger partial charge in [-0.05, 0) is 86.5 Å². The predicted octanol–water partition coefficient (Wildman–Crippen LogP) is 5.94. The summed E-state index contributed by atoms with van der Waals surface area (Å²) in [5.41, 5.74) is 0.853. The molecule has 0 bridgehead atoms. The summed E-state index contributed by atoms with van der Waals surface area (Å²) in [7, 11) is -2.02. The van der Waals surface area contributed by atoms with E-state index in [9.17, 15) is 44.3 Å². The number of urea groups is 1. The maximum absolute atomic E-state index is 13.8. The van der Waals surface area contributed by atoms with E-state index in [1.807, 2.05) is 19.2 Å². The van der Waals surface area contributed by atoms with Crippen molar-refractivity contribution >= 4 is 44.6 Å². The van der Waals surface area contributed by atoms with E-state index in [2.05, 4.69) is 47.8 Å². The zero-order valence-corrected chi connectivity index (χ0v) is 34.3. The van der Waals surface area contributed by atoms with Crippen LogP contribution in [0.3, 0.4) is 0 Å². The van der Waals surface area contributed by atoms with Gasteiger partial charge in [0.05, 0.1) is 22.3 Å². The van der Waals surface area contributed by atoms with Crippen LogP contribution in [0.15, 0.2) is 66.0 Å². The number of likely N-dealkylation sites (tertiary alicyclic amines) is 1. The average molecular weight is 888 g/mol. The highest BCUT2D eigenvalue weighted by Crippen LogP contribution is 2.37. The summed E-state index contributed by atoms with van der Waals surface area (Å²) in [6.45, 7) is 1.53. The van der Waals surface area contributed by atoms with E-state index in [-0.39, 0.29) is 54.4 Å². The second-order valence-corrected chi connectivity index (χ2v) is 17.7. The van der Waals surface area contributed by atoms with Crippen LogP contribution in [0.5, 0.6) is 0 Å². The molecule has 0 saturated carbocycles. The number of aryl methyl sites for hydroxylation is 1. The molecule has 0 atom stereocenters. The van der Waals surface area contributed by atoms with Crippen LogP contribution in [0.2, 0.25) is 0 Å². The van der Waals surface area contributed by atoms with E-state index in [1.54, 1.807) is 22.9 Å². The van der Waals surface area contributed by atoms with Gasteiger partial charge < -0.3 is 10.2 Å². The Morgan fingerprint density at radius 3 is 2.39 bits per heavy atom. The van der Waals surface area contributed by atoms with E-state index in [4.69, 9.17) is 0 Å². The zero-order valence-electron chi connectivity index (χ0n) is 33.5. The molecule has 3 saturated heterocycles. The lowest BCUT2D eigenvalue weighted by atomic mass is 9.89. The minimum absolute atomic E-state index is 0.128. The van der Waals surface area contributed by atoms with Gasteiger partial charge in [-0.25, -0.2) is 23.2 Å². The Bertz CT molecular complexity index is 2580. The van der Waals surface area contributed by atoms with Gasteiger partial charge in [-0.15, -0.1) is 0 Å². The number of fused-ring (bicyclic) bond motifs is 1. The number of nitrogens with zero attached hydrogens (tertiary/aromatic N) is 9. The number of rotatable bonds is 11. The van der Waals surface area contributed by atoms with Crippen molar-refractivity contribution in [1.29, 1.82) is 0 Å². The van der Waals surface area contributed by atoms with Crippen molar-refractivity contribution in [3.8, 4) is 11.3 Å². The highest BCUT2D eigenvalue weighted by atomic mass is 32.2. The molecular formula is C40H43F6N11O4S. The number of benzene rings is 2. The Morgan fingerprint density at radius 1 is 0.919 bits per heavy atom. The van der Waals surface area contributed by atoms with Gasteiger partial charge in [0.1, 0.15) is 12.1 Å². The molecule has 0 radical (unpaired) electrons. The Morgan fingerprint density at radius 2 is 1.68 bits per heavy atom. The third-order valence-corrected chi connectivity index (χ3v) is 13.5. The fourth-order valence-electron chi connectivity index (χ4n) is 8.32. The smallest absolute Gasteiger partial charge is 0.351 e. The summed E-state index contributed by atoms with van der Waals surface area (Å²) in [6.07, 6.45) is -3.89. The highest BCUT2D eigenvalue weighted by molar-refractivity contribution is 7.89. The van der Waals surface area contributed by atoms with Crippen molar-refractivity contribution in [2.24, 2.45) is 7.05 Å². The van der Waals surface area contributed by atoms with Gasteiger partial charge in [-0.1, -0.05) is 18.2 Å². The molecule has 0 spiro atoms. The summed E-state index contributed by atoms with van der Waals surface area (Å²) < 4.78 is 111. The largest absolute Gasteiger partial charge is 0.419 e. The van der Waals surface area contributed by atoms with Gasteiger partial charge in [0.2, 0.25) is 21.9 Å². The Hall–Kier alpha value is -5.61. The third-order valence-electron chi connectivity index (χ3n) is 11.6. The first-order valence-electron chi connectivity index (χ1n) is 20.1. The maximum Gasteiger partial charge on any atom is 0.419 e. The van der Waals surface area contributed by atoms with E-state index in [1.165, 1.54) is 14.8 Å². The predicted molar refractivity (Wildman–Crippen MR) is 214 cm³/mol. The van der Waals surface area contributed by atoms with Crippen molar-refractivity contribution in [2.45, 2.75) is 74.3 Å². The third kappa shape index (κ3) is 9.41. The molecule has 330 valence electrons. The van der Waals surface area contributed by atoms with Crippen LogP contribution < -0.4 is 15.5 Å². The number of nitrogens with one attached hydrogen (secondary N) is 2. The first-order valence-corrected chi connectivity index (χ1v) is 21.5. The van der Waals surface area contributed by atoms with Crippen LogP contribution in [-0.4, -0.2) is 111 Å². The number of anilines is 2.